The Morgan fingerprint density at radius 2 is 1.44 bits per heavy atom. The third kappa shape index (κ3) is 2.24. The van der Waals surface area contributed by atoms with E-state index in [4.69, 9.17) is 11.6 Å². The van der Waals surface area contributed by atoms with Crippen molar-refractivity contribution >= 4 is 11.6 Å². The first-order valence-electron chi connectivity index (χ1n) is 5.01. The molecule has 2 aromatic rings. The lowest BCUT2D eigenvalue weighted by atomic mass is 9.93. The quantitative estimate of drug-likeness (QED) is 0.761. The van der Waals surface area contributed by atoms with Crippen molar-refractivity contribution in [1.82, 2.24) is 0 Å². The Kier molecular flexibility index (Phi) is 3.24. The molecule has 2 aromatic carbocycles. The molecule has 0 aromatic heterocycles. The fraction of sp³-hybridized carbons (Fsp3) is 0.0714. The van der Waals surface area contributed by atoms with Crippen LogP contribution in [0.3, 0.4) is 0 Å². The summed E-state index contributed by atoms with van der Waals surface area (Å²) in [5.41, 5.74) is 1.98. The summed E-state index contributed by atoms with van der Waals surface area (Å²) in [5, 5.41) is 9.91. The third-order valence-corrected chi connectivity index (χ3v) is 2.72. The maximum atomic E-state index is 9.22. The number of nitriles is 1. The van der Waals surface area contributed by atoms with Crippen molar-refractivity contribution < 1.29 is 0 Å². The molecular formula is C14H10ClN. The zero-order valence-electron chi connectivity index (χ0n) is 8.60. The Labute approximate surface area is 99.9 Å². The van der Waals surface area contributed by atoms with Gasteiger partial charge in [0.2, 0.25) is 0 Å². The maximum absolute atomic E-state index is 9.22. The first-order valence-corrected chi connectivity index (χ1v) is 5.39. The lowest BCUT2D eigenvalue weighted by Gasteiger charge is -2.09. The average Bonchev–Trinajstić information content (AvgIpc) is 2.34. The van der Waals surface area contributed by atoms with Crippen LogP contribution in [-0.4, -0.2) is 0 Å². The van der Waals surface area contributed by atoms with E-state index >= 15 is 0 Å². The van der Waals surface area contributed by atoms with Gasteiger partial charge in [-0.25, -0.2) is 0 Å². The van der Waals surface area contributed by atoms with Crippen molar-refractivity contribution in [2.24, 2.45) is 0 Å². The first-order chi connectivity index (χ1) is 7.81. The fourth-order valence-electron chi connectivity index (χ4n) is 1.64. The van der Waals surface area contributed by atoms with Crippen molar-refractivity contribution in [3.8, 4) is 6.07 Å². The number of nitrogens with zero attached hydrogens (tertiary/aromatic N) is 1. The van der Waals surface area contributed by atoms with Gasteiger partial charge in [-0.3, -0.25) is 0 Å². The minimum absolute atomic E-state index is 0.224. The topological polar surface area (TPSA) is 23.8 Å². The number of rotatable bonds is 2. The molecule has 1 atom stereocenters. The molecule has 0 unspecified atom stereocenters. The molecule has 0 bridgehead atoms. The smallest absolute Gasteiger partial charge is 0.0962 e. The fourth-order valence-corrected chi connectivity index (χ4v) is 1.77. The highest BCUT2D eigenvalue weighted by atomic mass is 35.5. The van der Waals surface area contributed by atoms with Crippen LogP contribution in [0.15, 0.2) is 54.6 Å². The standard InChI is InChI=1S/C14H10ClN/c15-13-8-6-12(7-9-13)14(10-16)11-4-2-1-3-5-11/h1-9,14H/t14-/m1/s1. The maximum Gasteiger partial charge on any atom is 0.0962 e. The molecule has 2 rings (SSSR count). The number of halogens is 1. The Hall–Kier alpha value is -1.78. The van der Waals surface area contributed by atoms with Crippen LogP contribution in [0.5, 0.6) is 0 Å². The van der Waals surface area contributed by atoms with Gasteiger partial charge in [-0.1, -0.05) is 54.1 Å². The molecule has 0 fully saturated rings. The summed E-state index contributed by atoms with van der Waals surface area (Å²) in [5.74, 6) is -0.224. The number of hydrogen-bond acceptors (Lipinski definition) is 1. The van der Waals surface area contributed by atoms with Gasteiger partial charge >= 0.3 is 0 Å². The van der Waals surface area contributed by atoms with Crippen LogP contribution in [0.1, 0.15) is 17.0 Å². The second-order valence-electron chi connectivity index (χ2n) is 3.52. The first kappa shape index (κ1) is 10.7. The average molecular weight is 228 g/mol. The molecular weight excluding hydrogens is 218 g/mol. The number of benzene rings is 2. The molecule has 0 N–H and O–H groups in total. The highest BCUT2D eigenvalue weighted by Gasteiger charge is 2.12. The van der Waals surface area contributed by atoms with Gasteiger partial charge in [-0.15, -0.1) is 0 Å². The number of hydrogen-bond donors (Lipinski definition) is 0. The van der Waals surface area contributed by atoms with E-state index in [-0.39, 0.29) is 5.92 Å². The predicted molar refractivity (Wildman–Crippen MR) is 65.4 cm³/mol. The molecule has 0 saturated carbocycles. The molecule has 0 spiro atoms. The van der Waals surface area contributed by atoms with E-state index in [2.05, 4.69) is 6.07 Å². The van der Waals surface area contributed by atoms with Gasteiger partial charge in [0.05, 0.1) is 12.0 Å². The summed E-state index contributed by atoms with van der Waals surface area (Å²) in [6, 6.07) is 19.5. The molecule has 78 valence electrons. The summed E-state index contributed by atoms with van der Waals surface area (Å²) >= 11 is 5.82. The highest BCUT2D eigenvalue weighted by Crippen LogP contribution is 2.24. The van der Waals surface area contributed by atoms with Crippen LogP contribution in [0.4, 0.5) is 0 Å². The molecule has 0 saturated heterocycles. The zero-order valence-corrected chi connectivity index (χ0v) is 9.35. The Morgan fingerprint density at radius 1 is 0.875 bits per heavy atom. The summed E-state index contributed by atoms with van der Waals surface area (Å²) in [7, 11) is 0. The van der Waals surface area contributed by atoms with E-state index in [1.807, 2.05) is 54.6 Å². The largest absolute Gasteiger partial charge is 0.197 e. The van der Waals surface area contributed by atoms with Gasteiger partial charge in [0.25, 0.3) is 0 Å². The van der Waals surface area contributed by atoms with Crippen LogP contribution in [-0.2, 0) is 0 Å². The molecule has 0 aliphatic carbocycles. The minimum Gasteiger partial charge on any atom is -0.197 e. The van der Waals surface area contributed by atoms with E-state index in [0.717, 1.165) is 11.1 Å². The van der Waals surface area contributed by atoms with Crippen molar-refractivity contribution in [2.75, 3.05) is 0 Å². The highest BCUT2D eigenvalue weighted by molar-refractivity contribution is 6.30. The molecule has 0 aliphatic heterocycles. The van der Waals surface area contributed by atoms with E-state index in [1.54, 1.807) is 0 Å². The summed E-state index contributed by atoms with van der Waals surface area (Å²) < 4.78 is 0. The molecule has 0 radical (unpaired) electrons. The summed E-state index contributed by atoms with van der Waals surface area (Å²) in [6.45, 7) is 0. The van der Waals surface area contributed by atoms with Crippen LogP contribution < -0.4 is 0 Å². The molecule has 0 aliphatic rings. The molecule has 0 heterocycles. The van der Waals surface area contributed by atoms with Gasteiger partial charge in [0.15, 0.2) is 0 Å². The monoisotopic (exact) mass is 227 g/mol. The molecule has 0 amide bonds. The second kappa shape index (κ2) is 4.83. The van der Waals surface area contributed by atoms with Crippen molar-refractivity contribution in [2.45, 2.75) is 5.92 Å². The SMILES string of the molecule is N#C[C@H](c1ccccc1)c1ccc(Cl)cc1. The lowest BCUT2D eigenvalue weighted by molar-refractivity contribution is 1.04. The lowest BCUT2D eigenvalue weighted by Crippen LogP contribution is -1.97. The van der Waals surface area contributed by atoms with Gasteiger partial charge in [0.1, 0.15) is 0 Å². The zero-order chi connectivity index (χ0) is 11.4. The normalized spacial score (nSPS) is 11.8. The van der Waals surface area contributed by atoms with Gasteiger partial charge in [-0.2, -0.15) is 5.26 Å². The Morgan fingerprint density at radius 3 is 2.00 bits per heavy atom. The van der Waals surface area contributed by atoms with Crippen LogP contribution in [0.2, 0.25) is 5.02 Å². The Bertz CT molecular complexity index is 497. The van der Waals surface area contributed by atoms with Gasteiger partial charge in [-0.05, 0) is 23.3 Å². The minimum atomic E-state index is -0.224. The van der Waals surface area contributed by atoms with Crippen molar-refractivity contribution in [3.05, 3.63) is 70.7 Å². The Balaban J connectivity index is 2.38. The van der Waals surface area contributed by atoms with E-state index in [9.17, 15) is 5.26 Å². The van der Waals surface area contributed by atoms with Gasteiger partial charge < -0.3 is 0 Å². The van der Waals surface area contributed by atoms with E-state index < -0.39 is 0 Å². The van der Waals surface area contributed by atoms with E-state index in [1.165, 1.54) is 0 Å². The molecule has 1 nitrogen and oxygen atoms in total. The third-order valence-electron chi connectivity index (χ3n) is 2.47. The summed E-state index contributed by atoms with van der Waals surface area (Å²) in [6.07, 6.45) is 0. The predicted octanol–water partition coefficient (Wildman–Crippen LogP) is 4.00. The van der Waals surface area contributed by atoms with Crippen molar-refractivity contribution in [1.29, 1.82) is 5.26 Å². The van der Waals surface area contributed by atoms with Gasteiger partial charge in [0, 0.05) is 5.02 Å². The second-order valence-corrected chi connectivity index (χ2v) is 3.96. The van der Waals surface area contributed by atoms with Crippen LogP contribution in [0.25, 0.3) is 0 Å². The van der Waals surface area contributed by atoms with E-state index in [0.29, 0.717) is 5.02 Å². The molecule has 2 heteroatoms. The van der Waals surface area contributed by atoms with Crippen LogP contribution >= 0.6 is 11.6 Å². The summed E-state index contributed by atoms with van der Waals surface area (Å²) in [4.78, 5) is 0. The van der Waals surface area contributed by atoms with Crippen molar-refractivity contribution in [3.63, 3.8) is 0 Å². The van der Waals surface area contributed by atoms with Crippen LogP contribution in [0, 0.1) is 11.3 Å². The molecule has 16 heavy (non-hydrogen) atoms.